The third-order valence-corrected chi connectivity index (χ3v) is 6.05. The molecule has 12 nitrogen and oxygen atoms in total. The van der Waals surface area contributed by atoms with Gasteiger partial charge in [-0.15, -0.1) is 11.3 Å². The van der Waals surface area contributed by atoms with Gasteiger partial charge in [0.15, 0.2) is 16.6 Å². The van der Waals surface area contributed by atoms with Gasteiger partial charge in [-0.1, -0.05) is 5.16 Å². The molecule has 1 saturated heterocycles. The number of oxime groups is 1. The number of hydrogen-bond donors (Lipinski definition) is 3. The second-order valence-corrected chi connectivity index (χ2v) is 9.13. The van der Waals surface area contributed by atoms with E-state index in [9.17, 15) is 33.1 Å². The van der Waals surface area contributed by atoms with E-state index in [2.05, 4.69) is 15.0 Å². The fraction of sp³-hybridized carbons (Fsp3) is 0.556. The number of hydroxylamine groups is 2. The van der Waals surface area contributed by atoms with Crippen LogP contribution in [-0.2, 0) is 28.9 Å². The Morgan fingerprint density at radius 2 is 1.97 bits per heavy atom. The zero-order chi connectivity index (χ0) is 24.8. The quantitative estimate of drug-likeness (QED) is 0.242. The molecule has 0 unspecified atom stereocenters. The molecule has 0 radical (unpaired) electrons. The molecule has 1 aliphatic heterocycles. The van der Waals surface area contributed by atoms with Crippen LogP contribution in [0.15, 0.2) is 10.5 Å². The molecule has 33 heavy (non-hydrogen) atoms. The number of ketones is 1. The topological polar surface area (TPSA) is 182 Å². The lowest BCUT2D eigenvalue weighted by Gasteiger charge is -2.56. The van der Waals surface area contributed by atoms with Crippen LogP contribution in [0.1, 0.15) is 38.8 Å². The average Bonchev–Trinajstić information content (AvgIpc) is 3.10. The lowest BCUT2D eigenvalue weighted by Crippen LogP contribution is -2.73. The van der Waals surface area contributed by atoms with Gasteiger partial charge in [-0.2, -0.15) is 0 Å². The minimum atomic E-state index is -3.22. The summed E-state index contributed by atoms with van der Waals surface area (Å²) in [4.78, 5) is 61.5. The number of anilines is 1. The Labute approximate surface area is 188 Å². The van der Waals surface area contributed by atoms with Gasteiger partial charge in [0.05, 0.1) is 24.3 Å². The van der Waals surface area contributed by atoms with Crippen LogP contribution in [0.3, 0.4) is 0 Å². The molecule has 15 heteroatoms. The number of rotatable bonds is 10. The molecule has 0 aromatic carbocycles. The van der Waals surface area contributed by atoms with E-state index in [4.69, 9.17) is 15.7 Å². The summed E-state index contributed by atoms with van der Waals surface area (Å²) in [6, 6.07) is 0. The maximum Gasteiger partial charge on any atom is 0.344 e. The Morgan fingerprint density at radius 1 is 1.33 bits per heavy atom. The van der Waals surface area contributed by atoms with Crippen molar-refractivity contribution >= 4 is 45.8 Å². The molecule has 3 rings (SSSR count). The van der Waals surface area contributed by atoms with E-state index in [-0.39, 0.29) is 16.5 Å². The van der Waals surface area contributed by atoms with Gasteiger partial charge in [-0.25, -0.2) is 28.4 Å². The van der Waals surface area contributed by atoms with E-state index in [1.54, 1.807) is 0 Å². The maximum absolute atomic E-state index is 13.3. The summed E-state index contributed by atoms with van der Waals surface area (Å²) >= 11 is 0.997. The van der Waals surface area contributed by atoms with Crippen LogP contribution in [0.25, 0.3) is 0 Å². The first-order chi connectivity index (χ1) is 15.2. The second kappa shape index (κ2) is 8.30. The Bertz CT molecular complexity index is 1030. The zero-order valence-corrected chi connectivity index (χ0v) is 18.2. The number of aliphatic carboxylic acids is 2. The van der Waals surface area contributed by atoms with Crippen LogP contribution in [0.2, 0.25) is 0 Å². The number of β-lactam (4-membered cyclic amide) rings is 1. The molecular formula is C18H20F2N4O8S. The molecule has 2 heterocycles. The first-order valence-corrected chi connectivity index (χ1v) is 10.4. The second-order valence-electron chi connectivity index (χ2n) is 8.24. The molecule has 4 N–H and O–H groups in total. The number of carboxylic acid groups (broad SMARTS) is 2. The first kappa shape index (κ1) is 24.4. The minimum absolute atomic E-state index is 0.0205. The molecule has 1 aliphatic carbocycles. The van der Waals surface area contributed by atoms with Gasteiger partial charge in [0.1, 0.15) is 5.69 Å². The highest BCUT2D eigenvalue weighted by Crippen LogP contribution is 2.51. The van der Waals surface area contributed by atoms with Crippen molar-refractivity contribution in [2.75, 3.05) is 12.3 Å². The largest absolute Gasteiger partial charge is 0.479 e. The molecule has 1 amide bonds. The predicted octanol–water partition coefficient (Wildman–Crippen LogP) is 0.911. The third-order valence-electron chi connectivity index (χ3n) is 5.38. The zero-order valence-electron chi connectivity index (χ0n) is 17.4. The van der Waals surface area contributed by atoms with Crippen molar-refractivity contribution in [1.29, 1.82) is 0 Å². The minimum Gasteiger partial charge on any atom is -0.479 e. The molecule has 2 aliphatic rings. The number of halogens is 2. The van der Waals surface area contributed by atoms with Gasteiger partial charge in [0.25, 0.3) is 11.8 Å². The highest BCUT2D eigenvalue weighted by atomic mass is 32.1. The standard InChI is InChI=1S/C18H20F2N4O8S/c1-16(2)8(13(28)24(16)32-17(14(29)30)6-18(19,20)7-17)3-10(25)12(23-31-4-11(26)27)9-5-33-15(21)22-9/h5,8H,3-4,6-7H2,1-2H3,(H2,21,22)(H,26,27)(H,29,30)/b23-12-/t8-/m1/s1. The van der Waals surface area contributed by atoms with E-state index in [1.807, 2.05) is 0 Å². The van der Waals surface area contributed by atoms with Gasteiger partial charge < -0.3 is 20.8 Å². The van der Waals surface area contributed by atoms with Crippen molar-refractivity contribution in [2.45, 2.75) is 50.2 Å². The van der Waals surface area contributed by atoms with Crippen molar-refractivity contribution in [1.82, 2.24) is 10.0 Å². The first-order valence-electron chi connectivity index (χ1n) is 9.49. The Hall–Kier alpha value is -3.20. The maximum atomic E-state index is 13.3. The van der Waals surface area contributed by atoms with Crippen molar-refractivity contribution in [3.05, 3.63) is 11.1 Å². The van der Waals surface area contributed by atoms with E-state index >= 15 is 0 Å². The van der Waals surface area contributed by atoms with Crippen LogP contribution in [0.5, 0.6) is 0 Å². The summed E-state index contributed by atoms with van der Waals surface area (Å²) in [6.45, 7) is 2.14. The number of nitrogens with two attached hydrogens (primary N) is 1. The number of aromatic nitrogens is 1. The molecule has 180 valence electrons. The third kappa shape index (κ3) is 4.64. The van der Waals surface area contributed by atoms with E-state index in [1.165, 1.54) is 19.2 Å². The highest BCUT2D eigenvalue weighted by molar-refractivity contribution is 7.13. The Morgan fingerprint density at radius 3 is 2.42 bits per heavy atom. The lowest BCUT2D eigenvalue weighted by molar-refractivity contribution is -0.350. The predicted molar refractivity (Wildman–Crippen MR) is 106 cm³/mol. The summed E-state index contributed by atoms with van der Waals surface area (Å²) < 4.78 is 26.7. The Balaban J connectivity index is 1.74. The van der Waals surface area contributed by atoms with Gasteiger partial charge in [0.2, 0.25) is 12.2 Å². The molecule has 0 spiro atoms. The summed E-state index contributed by atoms with van der Waals surface area (Å²) in [5.41, 5.74) is 1.78. The van der Waals surface area contributed by atoms with E-state index < -0.39 is 72.5 Å². The molecule has 1 aromatic rings. The number of alkyl halides is 2. The van der Waals surface area contributed by atoms with Crippen molar-refractivity contribution in [3.63, 3.8) is 0 Å². The summed E-state index contributed by atoms with van der Waals surface area (Å²) in [5, 5.41) is 23.8. The number of hydrogen-bond acceptors (Lipinski definition) is 10. The SMILES string of the molecule is CC1(C)[C@H](CC(=O)/C(=N\OCC(=O)O)c2csc(N)n2)C(=O)N1OC1(C(=O)O)CC(F)(F)C1. The molecule has 1 atom stereocenters. The normalized spacial score (nSPS) is 22.8. The number of carbonyl (C=O) groups excluding carboxylic acids is 2. The van der Waals surface area contributed by atoms with Crippen LogP contribution in [-0.4, -0.2) is 73.3 Å². The van der Waals surface area contributed by atoms with Gasteiger partial charge in [-0.05, 0) is 13.8 Å². The number of carbonyl (C=O) groups is 4. The fourth-order valence-corrected chi connectivity index (χ4v) is 4.13. The van der Waals surface area contributed by atoms with Crippen LogP contribution in [0, 0.1) is 5.92 Å². The molecule has 1 saturated carbocycles. The van der Waals surface area contributed by atoms with Crippen LogP contribution >= 0.6 is 11.3 Å². The summed E-state index contributed by atoms with van der Waals surface area (Å²) in [5.74, 6) is -8.67. The monoisotopic (exact) mass is 490 g/mol. The van der Waals surface area contributed by atoms with E-state index in [0.29, 0.717) is 5.06 Å². The number of amides is 1. The van der Waals surface area contributed by atoms with Crippen LogP contribution < -0.4 is 5.73 Å². The van der Waals surface area contributed by atoms with Gasteiger partial charge >= 0.3 is 11.9 Å². The summed E-state index contributed by atoms with van der Waals surface area (Å²) in [6.07, 6.45) is -2.60. The van der Waals surface area contributed by atoms with Gasteiger partial charge in [0, 0.05) is 11.8 Å². The molecule has 2 fully saturated rings. The molecule has 0 bridgehead atoms. The molecular weight excluding hydrogens is 470 g/mol. The summed E-state index contributed by atoms with van der Waals surface area (Å²) in [7, 11) is 0. The highest BCUT2D eigenvalue weighted by Gasteiger charge is 2.67. The lowest BCUT2D eigenvalue weighted by atomic mass is 9.73. The van der Waals surface area contributed by atoms with Crippen molar-refractivity contribution in [2.24, 2.45) is 11.1 Å². The number of thiazole rings is 1. The Kier molecular flexibility index (Phi) is 6.14. The fourth-order valence-electron chi connectivity index (χ4n) is 3.59. The van der Waals surface area contributed by atoms with Gasteiger partial charge in [-0.3, -0.25) is 14.4 Å². The number of nitrogens with zero attached hydrogens (tertiary/aromatic N) is 3. The van der Waals surface area contributed by atoms with E-state index in [0.717, 1.165) is 11.3 Å². The number of nitrogen functional groups attached to an aromatic ring is 1. The van der Waals surface area contributed by atoms with Crippen molar-refractivity contribution < 1.29 is 47.8 Å². The molecule has 1 aromatic heterocycles. The number of carboxylic acids is 2. The average molecular weight is 490 g/mol. The van der Waals surface area contributed by atoms with Crippen LogP contribution in [0.4, 0.5) is 13.9 Å². The van der Waals surface area contributed by atoms with Crippen molar-refractivity contribution in [3.8, 4) is 0 Å². The number of Topliss-reactive ketones (excluding diaryl/α,β-unsaturated/α-hetero) is 1. The smallest absolute Gasteiger partial charge is 0.344 e.